The van der Waals surface area contributed by atoms with E-state index in [1.165, 1.54) is 321 Å². The lowest BCUT2D eigenvalue weighted by molar-refractivity contribution is -0.161. The van der Waals surface area contributed by atoms with Crippen molar-refractivity contribution in [3.8, 4) is 0 Å². The Balaban J connectivity index is 5.23. The number of unbranched alkanes of at least 4 members (excludes halogenated alkanes) is 62. The summed E-state index contributed by atoms with van der Waals surface area (Å²) in [7, 11) is -9.94. The summed E-state index contributed by atoms with van der Waals surface area (Å²) in [5, 5.41) is 10.7. The molecule has 0 heterocycles. The molecule has 0 aromatic carbocycles. The van der Waals surface area contributed by atoms with Gasteiger partial charge in [-0.1, -0.05) is 452 Å². The van der Waals surface area contributed by atoms with Crippen LogP contribution in [0.1, 0.15) is 504 Å². The predicted molar refractivity (Wildman–Crippen MR) is 465 cm³/mol. The predicted octanol–water partition coefficient (Wildman–Crippen LogP) is 29.0. The van der Waals surface area contributed by atoms with Gasteiger partial charge in [-0.2, -0.15) is 0 Å². The number of carbonyl (C=O) groups excluding carboxylic acids is 4. The van der Waals surface area contributed by atoms with E-state index in [2.05, 4.69) is 41.5 Å². The van der Waals surface area contributed by atoms with Gasteiger partial charge in [0, 0.05) is 25.7 Å². The van der Waals surface area contributed by atoms with E-state index in [-0.39, 0.29) is 25.7 Å². The molecule has 0 saturated heterocycles. The summed E-state index contributed by atoms with van der Waals surface area (Å²) in [6.07, 6.45) is 79.4. The summed E-state index contributed by atoms with van der Waals surface area (Å²) >= 11 is 0. The summed E-state index contributed by atoms with van der Waals surface area (Å²) in [6, 6.07) is 0. The molecule has 0 spiro atoms. The second-order valence-corrected chi connectivity index (χ2v) is 37.3. The zero-order chi connectivity index (χ0) is 82.0. The lowest BCUT2D eigenvalue weighted by Crippen LogP contribution is -2.30. The van der Waals surface area contributed by atoms with Crippen LogP contribution >= 0.6 is 15.6 Å². The lowest BCUT2D eigenvalue weighted by atomic mass is 10.0. The molecule has 666 valence electrons. The molecule has 0 aliphatic heterocycles. The van der Waals surface area contributed by atoms with Crippen LogP contribution in [0, 0.1) is 11.8 Å². The fourth-order valence-electron chi connectivity index (χ4n) is 14.7. The molecule has 0 rings (SSSR count). The Morgan fingerprint density at radius 3 is 0.607 bits per heavy atom. The van der Waals surface area contributed by atoms with E-state index >= 15 is 0 Å². The fourth-order valence-corrected chi connectivity index (χ4v) is 16.2. The van der Waals surface area contributed by atoms with Crippen LogP contribution in [0.3, 0.4) is 0 Å². The maximum atomic E-state index is 13.2. The van der Waals surface area contributed by atoms with Crippen molar-refractivity contribution in [2.45, 2.75) is 522 Å². The summed E-state index contributed by atoms with van der Waals surface area (Å²) in [4.78, 5) is 73.5. The van der Waals surface area contributed by atoms with Gasteiger partial charge in [0.1, 0.15) is 19.3 Å². The third-order valence-electron chi connectivity index (χ3n) is 22.0. The molecule has 17 nitrogen and oxygen atoms in total. The molecule has 0 aromatic rings. The molecule has 0 amide bonds. The Labute approximate surface area is 689 Å². The molecule has 3 N–H and O–H groups in total. The Hall–Kier alpha value is -1.94. The number of hydrogen-bond donors (Lipinski definition) is 3. The maximum absolute atomic E-state index is 13.2. The Morgan fingerprint density at radius 1 is 0.241 bits per heavy atom. The minimum atomic E-state index is -4.97. The third kappa shape index (κ3) is 85.9. The molecule has 19 heteroatoms. The first-order valence-corrected chi connectivity index (χ1v) is 51.0. The van der Waals surface area contributed by atoms with Crippen molar-refractivity contribution in [3.63, 3.8) is 0 Å². The molecule has 0 bridgehead atoms. The number of carbonyl (C=O) groups is 4. The Kier molecular flexibility index (Phi) is 82.6. The van der Waals surface area contributed by atoms with Gasteiger partial charge >= 0.3 is 39.5 Å². The number of phosphoric acid groups is 2. The minimum absolute atomic E-state index is 0.109. The second-order valence-electron chi connectivity index (χ2n) is 34.4. The quantitative estimate of drug-likeness (QED) is 0.0222. The third-order valence-corrected chi connectivity index (χ3v) is 23.9. The molecule has 2 unspecified atom stereocenters. The van der Waals surface area contributed by atoms with E-state index in [0.29, 0.717) is 25.7 Å². The normalized spacial score (nSPS) is 13.7. The molecule has 0 aromatic heterocycles. The average molecular weight is 1630 g/mol. The molecule has 0 radical (unpaired) electrons. The minimum Gasteiger partial charge on any atom is -0.462 e. The van der Waals surface area contributed by atoms with Gasteiger partial charge in [-0.15, -0.1) is 0 Å². The zero-order valence-corrected chi connectivity index (χ0v) is 75.8. The van der Waals surface area contributed by atoms with Crippen molar-refractivity contribution < 1.29 is 80.2 Å². The molecule has 0 aliphatic carbocycles. The molecule has 0 aliphatic rings. The van der Waals surface area contributed by atoms with Crippen LogP contribution in [-0.2, 0) is 65.4 Å². The largest absolute Gasteiger partial charge is 0.472 e. The highest BCUT2D eigenvalue weighted by atomic mass is 31.2. The highest BCUT2D eigenvalue weighted by Gasteiger charge is 2.31. The van der Waals surface area contributed by atoms with Crippen LogP contribution in [0.15, 0.2) is 0 Å². The van der Waals surface area contributed by atoms with Gasteiger partial charge in [-0.3, -0.25) is 37.3 Å². The summed E-state index contributed by atoms with van der Waals surface area (Å²) in [5.74, 6) is -0.548. The average Bonchev–Trinajstić information content (AvgIpc) is 0.899. The van der Waals surface area contributed by atoms with E-state index in [1.54, 1.807) is 0 Å². The smallest absolute Gasteiger partial charge is 0.462 e. The van der Waals surface area contributed by atoms with Crippen LogP contribution < -0.4 is 0 Å². The number of aliphatic hydroxyl groups is 1. The first-order chi connectivity index (χ1) is 54.4. The molecular weight excluding hydrogens is 1450 g/mol. The Morgan fingerprint density at radius 2 is 0.411 bits per heavy atom. The van der Waals surface area contributed by atoms with Crippen molar-refractivity contribution in [1.29, 1.82) is 0 Å². The van der Waals surface area contributed by atoms with Crippen LogP contribution in [0.4, 0.5) is 0 Å². The summed E-state index contributed by atoms with van der Waals surface area (Å²) in [5.41, 5.74) is 0. The zero-order valence-electron chi connectivity index (χ0n) is 74.0. The number of hydrogen-bond acceptors (Lipinski definition) is 15. The van der Waals surface area contributed by atoms with Crippen molar-refractivity contribution in [1.82, 2.24) is 0 Å². The molecule has 0 saturated carbocycles. The van der Waals surface area contributed by atoms with E-state index in [4.69, 9.17) is 37.0 Å². The number of esters is 4. The van der Waals surface area contributed by atoms with Crippen molar-refractivity contribution in [3.05, 3.63) is 0 Å². The summed E-state index contributed by atoms with van der Waals surface area (Å²) < 4.78 is 69.1. The standard InChI is InChI=1S/C93H182O17P2/c1-7-9-11-13-15-17-19-21-23-25-27-29-34-38-42-46-50-57-63-69-75-90(95)103-81-88(109-92(97)77-71-66-60-52-48-44-40-36-32-31-33-37-41-45-49-55-61-67-73-85(3)4)83-107-111(99,100)105-79-87(94)80-106-112(101,102)108-84-89(82-104-91(96)76-70-64-58-54-53-56-62-68-74-86(5)6)110-93(98)78-72-65-59-51-47-43-39-35-30-28-26-24-22-20-18-16-14-12-10-8-2/h85-89,94H,7-84H2,1-6H3,(H,99,100)(H,101,102)/t87-,88-,89-/m1/s1. The lowest BCUT2D eigenvalue weighted by Gasteiger charge is -2.21. The molecule has 112 heavy (non-hydrogen) atoms. The maximum Gasteiger partial charge on any atom is 0.472 e. The highest BCUT2D eigenvalue weighted by Crippen LogP contribution is 2.45. The van der Waals surface area contributed by atoms with Gasteiger partial charge in [-0.25, -0.2) is 9.13 Å². The van der Waals surface area contributed by atoms with Crippen molar-refractivity contribution in [2.24, 2.45) is 11.8 Å². The highest BCUT2D eigenvalue weighted by molar-refractivity contribution is 7.47. The SMILES string of the molecule is CCCCCCCCCCCCCCCCCCCCCCC(=O)OC[C@H](COP(=O)(O)OC[C@@H](O)COP(=O)(O)OC[C@@H](COC(=O)CCCCCCCCCCC(C)C)OC(=O)CCCCCCCCCCCCCCCCCCCCCC)OC(=O)CCCCCCCCCCCCCCCCCCCCC(C)C. The topological polar surface area (TPSA) is 237 Å². The second kappa shape index (κ2) is 84.1. The van der Waals surface area contributed by atoms with Crippen LogP contribution in [0.25, 0.3) is 0 Å². The van der Waals surface area contributed by atoms with Gasteiger partial charge in [0.05, 0.1) is 26.4 Å². The van der Waals surface area contributed by atoms with Gasteiger partial charge in [0.15, 0.2) is 12.2 Å². The van der Waals surface area contributed by atoms with E-state index in [1.807, 2.05) is 0 Å². The number of aliphatic hydroxyl groups excluding tert-OH is 1. The van der Waals surface area contributed by atoms with E-state index < -0.39 is 97.5 Å². The van der Waals surface area contributed by atoms with Gasteiger partial charge in [0.2, 0.25) is 0 Å². The molecule has 0 fully saturated rings. The monoisotopic (exact) mass is 1630 g/mol. The molecule has 5 atom stereocenters. The Bertz CT molecular complexity index is 2130. The van der Waals surface area contributed by atoms with E-state index in [0.717, 1.165) is 102 Å². The van der Waals surface area contributed by atoms with Crippen LogP contribution in [0.5, 0.6) is 0 Å². The van der Waals surface area contributed by atoms with Gasteiger partial charge in [0.25, 0.3) is 0 Å². The van der Waals surface area contributed by atoms with Crippen molar-refractivity contribution in [2.75, 3.05) is 39.6 Å². The van der Waals surface area contributed by atoms with Gasteiger partial charge in [-0.05, 0) is 37.5 Å². The number of phosphoric ester groups is 2. The fraction of sp³-hybridized carbons (Fsp3) is 0.957. The van der Waals surface area contributed by atoms with Crippen LogP contribution in [-0.4, -0.2) is 96.7 Å². The van der Waals surface area contributed by atoms with E-state index in [9.17, 15) is 43.2 Å². The van der Waals surface area contributed by atoms with Crippen molar-refractivity contribution >= 4 is 39.5 Å². The number of ether oxygens (including phenoxy) is 4. The molecular formula is C93H182O17P2. The first kappa shape index (κ1) is 110. The number of rotatable bonds is 92. The summed E-state index contributed by atoms with van der Waals surface area (Å²) in [6.45, 7) is 9.72. The van der Waals surface area contributed by atoms with Gasteiger partial charge < -0.3 is 33.8 Å². The first-order valence-electron chi connectivity index (χ1n) is 48.0. The van der Waals surface area contributed by atoms with Crippen LogP contribution in [0.2, 0.25) is 0 Å².